The summed E-state index contributed by atoms with van der Waals surface area (Å²) in [4.78, 5) is 38.2. The Morgan fingerprint density at radius 2 is 1.68 bits per heavy atom. The molecule has 0 atom stereocenters. The molecule has 0 spiro atoms. The zero-order valence-corrected chi connectivity index (χ0v) is 25.9. The molecule has 2 aliphatic heterocycles. The van der Waals surface area contributed by atoms with Crippen LogP contribution in [0.2, 0.25) is 0 Å². The molecule has 1 amide bonds. The van der Waals surface area contributed by atoms with Crippen molar-refractivity contribution in [1.29, 1.82) is 0 Å². The molecule has 2 aromatic heterocycles. The second kappa shape index (κ2) is 12.7. The SMILES string of the molecule is COc1ccc(CCN2C(=O)C(=Cc3c(N4CCN(c5ccccc5F)CC4)nc4ccccn4c3=O)SC2=S)cc1OC. The minimum absolute atomic E-state index is 0.256. The summed E-state index contributed by atoms with van der Waals surface area (Å²) in [5, 5.41) is 0. The Morgan fingerprint density at radius 1 is 0.955 bits per heavy atom. The Bertz CT molecular complexity index is 1840. The highest BCUT2D eigenvalue weighted by Crippen LogP contribution is 2.34. The van der Waals surface area contributed by atoms with Crippen molar-refractivity contribution in [2.45, 2.75) is 6.42 Å². The maximum Gasteiger partial charge on any atom is 0.267 e. The number of piperazine rings is 1. The molecule has 0 saturated carbocycles. The van der Waals surface area contributed by atoms with Gasteiger partial charge in [0.15, 0.2) is 11.5 Å². The van der Waals surface area contributed by atoms with Crippen LogP contribution in [0.15, 0.2) is 76.6 Å². The zero-order valence-electron chi connectivity index (χ0n) is 24.2. The van der Waals surface area contributed by atoms with Crippen molar-refractivity contribution >= 4 is 57.4 Å². The molecule has 4 aromatic rings. The second-order valence-corrected chi connectivity index (χ2v) is 12.0. The molecule has 44 heavy (non-hydrogen) atoms. The molecule has 6 rings (SSSR count). The number of halogens is 1. The Labute approximate surface area is 263 Å². The van der Waals surface area contributed by atoms with Gasteiger partial charge in [-0.15, -0.1) is 0 Å². The first-order valence-corrected chi connectivity index (χ1v) is 15.3. The number of hydrogen-bond acceptors (Lipinski definition) is 9. The van der Waals surface area contributed by atoms with Crippen molar-refractivity contribution in [2.75, 3.05) is 56.7 Å². The number of carbonyl (C=O) groups excluding carboxylic acids is 1. The zero-order chi connectivity index (χ0) is 30.8. The van der Waals surface area contributed by atoms with E-state index in [2.05, 4.69) is 0 Å². The number of thiocarbonyl (C=S) groups is 1. The van der Waals surface area contributed by atoms with Gasteiger partial charge in [-0.1, -0.05) is 48.2 Å². The van der Waals surface area contributed by atoms with Crippen LogP contribution < -0.4 is 24.8 Å². The van der Waals surface area contributed by atoms with Crippen molar-refractivity contribution in [2.24, 2.45) is 0 Å². The molecule has 9 nitrogen and oxygen atoms in total. The lowest BCUT2D eigenvalue weighted by atomic mass is 10.1. The van der Waals surface area contributed by atoms with E-state index in [4.69, 9.17) is 26.7 Å². The number of thioether (sulfide) groups is 1. The van der Waals surface area contributed by atoms with Gasteiger partial charge in [0.05, 0.1) is 30.4 Å². The maximum atomic E-state index is 14.5. The number of para-hydroxylation sites is 1. The predicted molar refractivity (Wildman–Crippen MR) is 175 cm³/mol. The number of nitrogens with zero attached hydrogens (tertiary/aromatic N) is 5. The number of methoxy groups -OCH3 is 2. The first-order chi connectivity index (χ1) is 21.4. The van der Waals surface area contributed by atoms with E-state index >= 15 is 0 Å². The lowest BCUT2D eigenvalue weighted by Crippen LogP contribution is -2.47. The van der Waals surface area contributed by atoms with Crippen LogP contribution in [0.4, 0.5) is 15.9 Å². The number of benzene rings is 2. The monoisotopic (exact) mass is 631 g/mol. The summed E-state index contributed by atoms with van der Waals surface area (Å²) in [6.45, 7) is 2.52. The van der Waals surface area contributed by atoms with Crippen molar-refractivity contribution in [3.8, 4) is 11.5 Å². The van der Waals surface area contributed by atoms with Gasteiger partial charge < -0.3 is 19.3 Å². The molecule has 0 bridgehead atoms. The van der Waals surface area contributed by atoms with Crippen molar-refractivity contribution in [3.05, 3.63) is 99.1 Å². The molecule has 2 saturated heterocycles. The number of aromatic nitrogens is 2. The minimum atomic E-state index is -0.280. The number of carbonyl (C=O) groups is 1. The van der Waals surface area contributed by atoms with Crippen LogP contribution in [0, 0.1) is 5.82 Å². The minimum Gasteiger partial charge on any atom is -0.493 e. The number of anilines is 2. The summed E-state index contributed by atoms with van der Waals surface area (Å²) in [7, 11) is 3.16. The summed E-state index contributed by atoms with van der Waals surface area (Å²) in [5.41, 5.74) is 2.06. The van der Waals surface area contributed by atoms with Crippen LogP contribution in [-0.2, 0) is 11.2 Å². The van der Waals surface area contributed by atoms with Gasteiger partial charge >= 0.3 is 0 Å². The number of amides is 1. The average molecular weight is 632 g/mol. The molecule has 2 aliphatic rings. The molecule has 0 radical (unpaired) electrons. The Hall–Kier alpha value is -4.42. The fraction of sp³-hybridized carbons (Fsp3) is 0.250. The van der Waals surface area contributed by atoms with Crippen LogP contribution in [0.1, 0.15) is 11.1 Å². The molecular formula is C32H30FN5O4S2. The number of hydrogen-bond donors (Lipinski definition) is 0. The summed E-state index contributed by atoms with van der Waals surface area (Å²) in [6.07, 6.45) is 3.83. The molecular weight excluding hydrogens is 602 g/mol. The summed E-state index contributed by atoms with van der Waals surface area (Å²) >= 11 is 6.76. The number of rotatable bonds is 8. The van der Waals surface area contributed by atoms with Gasteiger partial charge in [0.1, 0.15) is 21.6 Å². The lowest BCUT2D eigenvalue weighted by molar-refractivity contribution is -0.122. The average Bonchev–Trinajstić information content (AvgIpc) is 3.32. The van der Waals surface area contributed by atoms with Crippen LogP contribution in [0.3, 0.4) is 0 Å². The number of ether oxygens (including phenoxy) is 2. The quantitative estimate of drug-likeness (QED) is 0.205. The Kier molecular flexibility index (Phi) is 8.53. The van der Waals surface area contributed by atoms with Crippen LogP contribution in [-0.4, -0.2) is 71.5 Å². The molecule has 2 fully saturated rings. The van der Waals surface area contributed by atoms with Gasteiger partial charge in [0, 0.05) is 38.9 Å². The molecule has 0 N–H and O–H groups in total. The highest BCUT2D eigenvalue weighted by Gasteiger charge is 2.33. The molecule has 226 valence electrons. The normalized spacial score (nSPS) is 16.3. The highest BCUT2D eigenvalue weighted by molar-refractivity contribution is 8.26. The van der Waals surface area contributed by atoms with E-state index in [0.717, 1.165) is 5.56 Å². The van der Waals surface area contributed by atoms with Gasteiger partial charge in [-0.25, -0.2) is 9.37 Å². The third-order valence-corrected chi connectivity index (χ3v) is 9.12. The first kappa shape index (κ1) is 29.6. The predicted octanol–water partition coefficient (Wildman–Crippen LogP) is 4.62. The van der Waals surface area contributed by atoms with Crippen molar-refractivity contribution in [1.82, 2.24) is 14.3 Å². The molecule has 12 heteroatoms. The maximum absolute atomic E-state index is 14.5. The molecule has 0 aliphatic carbocycles. The van der Waals surface area contributed by atoms with E-state index in [1.807, 2.05) is 40.1 Å². The van der Waals surface area contributed by atoms with Crippen LogP contribution in [0.5, 0.6) is 11.5 Å². The summed E-state index contributed by atoms with van der Waals surface area (Å²) in [6, 6.07) is 17.7. The van der Waals surface area contributed by atoms with E-state index < -0.39 is 0 Å². The second-order valence-electron chi connectivity index (χ2n) is 10.3. The van der Waals surface area contributed by atoms with Gasteiger partial charge in [-0.3, -0.25) is 18.9 Å². The molecule has 0 unspecified atom stereocenters. The third kappa shape index (κ3) is 5.74. The largest absolute Gasteiger partial charge is 0.493 e. The van der Waals surface area contributed by atoms with E-state index in [-0.39, 0.29) is 17.3 Å². The van der Waals surface area contributed by atoms with Gasteiger partial charge in [0.25, 0.3) is 11.5 Å². The number of fused-ring (bicyclic) bond motifs is 1. The Balaban J connectivity index is 1.27. The fourth-order valence-electron chi connectivity index (χ4n) is 5.43. The Morgan fingerprint density at radius 3 is 2.43 bits per heavy atom. The van der Waals surface area contributed by atoms with E-state index in [0.29, 0.717) is 82.6 Å². The van der Waals surface area contributed by atoms with Gasteiger partial charge in [-0.05, 0) is 54.5 Å². The first-order valence-electron chi connectivity index (χ1n) is 14.1. The lowest BCUT2D eigenvalue weighted by Gasteiger charge is -2.37. The van der Waals surface area contributed by atoms with Gasteiger partial charge in [0.2, 0.25) is 0 Å². The molecule has 4 heterocycles. The van der Waals surface area contributed by atoms with Crippen LogP contribution >= 0.6 is 24.0 Å². The molecule has 2 aromatic carbocycles. The number of pyridine rings is 1. The fourth-order valence-corrected chi connectivity index (χ4v) is 6.72. The summed E-state index contributed by atoms with van der Waals surface area (Å²) < 4.78 is 27.1. The standard InChI is InChI=1S/C32H30FN5O4S2/c1-41-25-11-10-21(19-26(25)42-2)12-14-38-31(40)27(44-32(38)43)20-22-29(34-28-9-5-6-13-37(28)30(22)39)36-17-15-35(16-18-36)24-8-4-3-7-23(24)33/h3-11,13,19-20H,12,14-18H2,1-2H3. The van der Waals surface area contributed by atoms with Gasteiger partial charge in [-0.2, -0.15) is 0 Å². The topological polar surface area (TPSA) is 79.6 Å². The third-order valence-electron chi connectivity index (χ3n) is 7.74. The van der Waals surface area contributed by atoms with Crippen LogP contribution in [0.25, 0.3) is 11.7 Å². The van der Waals surface area contributed by atoms with E-state index in [9.17, 15) is 14.0 Å². The van der Waals surface area contributed by atoms with E-state index in [1.54, 1.807) is 55.7 Å². The van der Waals surface area contributed by atoms with E-state index in [1.165, 1.54) is 22.2 Å². The summed E-state index contributed by atoms with van der Waals surface area (Å²) in [5.74, 6) is 1.21. The highest BCUT2D eigenvalue weighted by atomic mass is 32.2. The smallest absolute Gasteiger partial charge is 0.267 e. The van der Waals surface area contributed by atoms with Crippen molar-refractivity contribution < 1.29 is 18.7 Å². The van der Waals surface area contributed by atoms with Crippen molar-refractivity contribution in [3.63, 3.8) is 0 Å².